The summed E-state index contributed by atoms with van der Waals surface area (Å²) in [5.41, 5.74) is 0. The second-order valence-corrected chi connectivity index (χ2v) is 7.55. The average molecular weight is 307 g/mol. The molecule has 8 heteroatoms. The van der Waals surface area contributed by atoms with E-state index in [0.29, 0.717) is 4.88 Å². The van der Waals surface area contributed by atoms with Gasteiger partial charge in [-0.15, -0.1) is 11.3 Å². The molecule has 1 unspecified atom stereocenters. The number of hydrogen-bond acceptors (Lipinski definition) is 5. The fourth-order valence-corrected chi connectivity index (χ4v) is 4.13. The van der Waals surface area contributed by atoms with Gasteiger partial charge in [0.05, 0.1) is 13.0 Å². The van der Waals surface area contributed by atoms with Crippen LogP contribution in [0.5, 0.6) is 0 Å². The zero-order valence-corrected chi connectivity index (χ0v) is 12.3. The Morgan fingerprint density at radius 2 is 2.05 bits per heavy atom. The number of carboxylic acid groups (broad SMARTS) is 1. The summed E-state index contributed by atoms with van der Waals surface area (Å²) in [6.45, 7) is 3.31. The Bertz CT molecular complexity index is 535. The predicted octanol–water partition coefficient (Wildman–Crippen LogP) is 0.670. The van der Waals surface area contributed by atoms with Crippen LogP contribution in [0.4, 0.5) is 0 Å². The molecule has 19 heavy (non-hydrogen) atoms. The van der Waals surface area contributed by atoms with Crippen molar-refractivity contribution in [1.82, 2.24) is 4.72 Å². The van der Waals surface area contributed by atoms with Crippen molar-refractivity contribution in [3.63, 3.8) is 0 Å². The van der Waals surface area contributed by atoms with Crippen LogP contribution < -0.4 is 4.72 Å². The monoisotopic (exact) mass is 307 g/mol. The number of aliphatic carboxylic acids is 1. The Kier molecular flexibility index (Phi) is 5.48. The minimum atomic E-state index is -3.72. The van der Waals surface area contributed by atoms with Crippen LogP contribution in [0.15, 0.2) is 16.3 Å². The third-order valence-electron chi connectivity index (χ3n) is 2.54. The Hall–Kier alpha value is -0.960. The lowest BCUT2D eigenvalue weighted by molar-refractivity contribution is -0.136. The van der Waals surface area contributed by atoms with Gasteiger partial charge in [0.2, 0.25) is 10.0 Å². The van der Waals surface area contributed by atoms with E-state index in [1.165, 1.54) is 12.1 Å². The molecule has 0 aliphatic rings. The maximum absolute atomic E-state index is 12.0. The zero-order valence-electron chi connectivity index (χ0n) is 10.7. The topological polar surface area (TPSA) is 104 Å². The smallest absolute Gasteiger partial charge is 0.308 e. The maximum atomic E-state index is 12.0. The van der Waals surface area contributed by atoms with Crippen LogP contribution in [0.25, 0.3) is 0 Å². The summed E-state index contributed by atoms with van der Waals surface area (Å²) < 4.78 is 26.6. The number of aliphatic hydroxyl groups is 1. The molecular weight excluding hydrogens is 290 g/mol. The third kappa shape index (κ3) is 4.57. The lowest BCUT2D eigenvalue weighted by Crippen LogP contribution is -2.40. The van der Waals surface area contributed by atoms with Gasteiger partial charge in [-0.25, -0.2) is 13.1 Å². The molecule has 1 heterocycles. The van der Waals surface area contributed by atoms with Crippen LogP contribution in [0, 0.1) is 5.92 Å². The zero-order chi connectivity index (χ0) is 14.6. The summed E-state index contributed by atoms with van der Waals surface area (Å²) in [6.07, 6.45) is -0.201. The molecule has 1 rings (SSSR count). The molecule has 0 aliphatic carbocycles. The molecular formula is C11H17NO5S2. The molecule has 6 nitrogen and oxygen atoms in total. The van der Waals surface area contributed by atoms with Gasteiger partial charge in [-0.05, 0) is 18.1 Å². The van der Waals surface area contributed by atoms with Gasteiger partial charge in [0.15, 0.2) is 0 Å². The highest BCUT2D eigenvalue weighted by Gasteiger charge is 2.23. The van der Waals surface area contributed by atoms with Crippen LogP contribution in [0.2, 0.25) is 0 Å². The number of rotatable bonds is 7. The van der Waals surface area contributed by atoms with E-state index in [4.69, 9.17) is 10.2 Å². The number of sulfonamides is 1. The summed E-state index contributed by atoms with van der Waals surface area (Å²) in [5, 5.41) is 17.8. The molecule has 0 amide bonds. The van der Waals surface area contributed by atoms with Gasteiger partial charge in [-0.1, -0.05) is 13.8 Å². The Morgan fingerprint density at radius 1 is 1.42 bits per heavy atom. The Morgan fingerprint density at radius 3 is 2.53 bits per heavy atom. The fourth-order valence-electron chi connectivity index (χ4n) is 1.39. The summed E-state index contributed by atoms with van der Waals surface area (Å²) >= 11 is 0.919. The van der Waals surface area contributed by atoms with Crippen LogP contribution in [0.3, 0.4) is 0 Å². The van der Waals surface area contributed by atoms with Crippen molar-refractivity contribution in [3.8, 4) is 0 Å². The molecule has 0 saturated heterocycles. The quantitative estimate of drug-likeness (QED) is 0.687. The largest absolute Gasteiger partial charge is 0.481 e. The van der Waals surface area contributed by atoms with E-state index in [-0.39, 0.29) is 23.2 Å². The maximum Gasteiger partial charge on any atom is 0.308 e. The minimum Gasteiger partial charge on any atom is -0.481 e. The fraction of sp³-hybridized carbons (Fsp3) is 0.545. The number of hydrogen-bond donors (Lipinski definition) is 3. The van der Waals surface area contributed by atoms with E-state index < -0.39 is 22.0 Å². The van der Waals surface area contributed by atoms with Gasteiger partial charge in [0.25, 0.3) is 0 Å². The molecule has 0 radical (unpaired) electrons. The van der Waals surface area contributed by atoms with E-state index >= 15 is 0 Å². The lowest BCUT2D eigenvalue weighted by Gasteiger charge is -2.19. The highest BCUT2D eigenvalue weighted by Crippen LogP contribution is 2.22. The molecule has 0 fully saturated rings. The summed E-state index contributed by atoms with van der Waals surface area (Å²) in [7, 11) is -3.72. The van der Waals surface area contributed by atoms with Crippen LogP contribution in [-0.2, 0) is 21.2 Å². The molecule has 0 aliphatic heterocycles. The number of thiophene rings is 1. The highest BCUT2D eigenvalue weighted by atomic mass is 32.2. The van der Waals surface area contributed by atoms with Gasteiger partial charge in [0.1, 0.15) is 4.21 Å². The molecule has 0 aromatic carbocycles. The van der Waals surface area contributed by atoms with Crippen molar-refractivity contribution in [2.75, 3.05) is 6.61 Å². The minimum absolute atomic E-state index is 0.0433. The molecule has 3 N–H and O–H groups in total. The summed E-state index contributed by atoms with van der Waals surface area (Å²) in [5.74, 6) is -1.05. The molecule has 1 atom stereocenters. The molecule has 1 aromatic heterocycles. The normalized spacial score (nSPS) is 13.7. The molecule has 0 saturated carbocycles. The molecule has 1 aromatic rings. The van der Waals surface area contributed by atoms with E-state index in [9.17, 15) is 13.2 Å². The lowest BCUT2D eigenvalue weighted by atomic mass is 10.1. The van der Waals surface area contributed by atoms with E-state index in [0.717, 1.165) is 11.3 Å². The summed E-state index contributed by atoms with van der Waals surface area (Å²) in [4.78, 5) is 11.0. The summed E-state index contributed by atoms with van der Waals surface area (Å²) in [6, 6.07) is 2.30. The number of carboxylic acids is 1. The van der Waals surface area contributed by atoms with Crippen LogP contribution >= 0.6 is 11.3 Å². The van der Waals surface area contributed by atoms with Crippen molar-refractivity contribution in [2.45, 2.75) is 30.5 Å². The second kappa shape index (κ2) is 6.47. The van der Waals surface area contributed by atoms with Gasteiger partial charge >= 0.3 is 5.97 Å². The Labute approximate surface area is 116 Å². The van der Waals surface area contributed by atoms with Gasteiger partial charge in [0, 0.05) is 10.9 Å². The van der Waals surface area contributed by atoms with Gasteiger partial charge in [-0.3, -0.25) is 4.79 Å². The van der Waals surface area contributed by atoms with Crippen molar-refractivity contribution >= 4 is 27.3 Å². The first kappa shape index (κ1) is 16.1. The first-order chi connectivity index (χ1) is 8.76. The van der Waals surface area contributed by atoms with Gasteiger partial charge in [-0.2, -0.15) is 0 Å². The second-order valence-electron chi connectivity index (χ2n) is 4.45. The van der Waals surface area contributed by atoms with E-state index in [2.05, 4.69) is 4.72 Å². The third-order valence-corrected chi connectivity index (χ3v) is 5.60. The average Bonchev–Trinajstić information content (AvgIpc) is 2.73. The van der Waals surface area contributed by atoms with E-state index in [1.54, 1.807) is 13.8 Å². The van der Waals surface area contributed by atoms with Crippen molar-refractivity contribution in [1.29, 1.82) is 0 Å². The predicted molar refractivity (Wildman–Crippen MR) is 71.7 cm³/mol. The standard InChI is InChI=1S/C11H17NO5S2/c1-7(2)9(6-13)12-19(16,17)11-4-3-8(18-11)5-10(14)15/h3-4,7,9,12-13H,5-6H2,1-2H3,(H,14,15). The molecule has 0 spiro atoms. The van der Waals surface area contributed by atoms with E-state index in [1.807, 2.05) is 0 Å². The SMILES string of the molecule is CC(C)C(CO)NS(=O)(=O)c1ccc(CC(=O)O)s1. The number of nitrogens with one attached hydrogen (secondary N) is 1. The van der Waals surface area contributed by atoms with Crippen LogP contribution in [-0.4, -0.2) is 37.2 Å². The van der Waals surface area contributed by atoms with Gasteiger partial charge < -0.3 is 10.2 Å². The molecule has 0 bridgehead atoms. The Balaban J connectivity index is 2.88. The number of carbonyl (C=O) groups is 1. The van der Waals surface area contributed by atoms with Crippen LogP contribution in [0.1, 0.15) is 18.7 Å². The highest BCUT2D eigenvalue weighted by molar-refractivity contribution is 7.91. The first-order valence-corrected chi connectivity index (χ1v) is 8.00. The van der Waals surface area contributed by atoms with Crippen molar-refractivity contribution in [3.05, 3.63) is 17.0 Å². The van der Waals surface area contributed by atoms with Crippen molar-refractivity contribution < 1.29 is 23.4 Å². The van der Waals surface area contributed by atoms with Crippen molar-refractivity contribution in [2.24, 2.45) is 5.92 Å². The first-order valence-electron chi connectivity index (χ1n) is 5.70. The number of aliphatic hydroxyl groups excluding tert-OH is 1. The molecule has 108 valence electrons.